The Morgan fingerprint density at radius 2 is 1.72 bits per heavy atom. The van der Waals surface area contributed by atoms with E-state index in [-0.39, 0.29) is 5.91 Å². The van der Waals surface area contributed by atoms with E-state index in [1.54, 1.807) is 0 Å². The molecule has 0 unspecified atom stereocenters. The summed E-state index contributed by atoms with van der Waals surface area (Å²) in [6.45, 7) is 7.86. The predicted octanol–water partition coefficient (Wildman–Crippen LogP) is 3.69. The normalized spacial score (nSPS) is 14.3. The first-order valence-electron chi connectivity index (χ1n) is 10.4. The molecule has 0 fully saturated rings. The summed E-state index contributed by atoms with van der Waals surface area (Å²) in [6.07, 6.45) is 3.31. The van der Waals surface area contributed by atoms with Gasteiger partial charge in [-0.05, 0) is 49.1 Å². The van der Waals surface area contributed by atoms with Crippen LogP contribution in [-0.2, 0) is 6.54 Å². The first kappa shape index (κ1) is 20.6. The van der Waals surface area contributed by atoms with Gasteiger partial charge < -0.3 is 15.5 Å². The van der Waals surface area contributed by atoms with E-state index in [0.717, 1.165) is 37.6 Å². The van der Waals surface area contributed by atoms with Crippen LogP contribution in [-0.4, -0.2) is 42.9 Å². The van der Waals surface area contributed by atoms with E-state index >= 15 is 0 Å². The second-order valence-corrected chi connectivity index (χ2v) is 7.02. The molecule has 0 radical (unpaired) electrons. The summed E-state index contributed by atoms with van der Waals surface area (Å²) in [4.78, 5) is 19.0. The number of guanidine groups is 1. The number of carbonyl (C=O) groups excluding carboxylic acids is 1. The zero-order chi connectivity index (χ0) is 20.5. The smallest absolute Gasteiger partial charge is 0.251 e. The van der Waals surface area contributed by atoms with Gasteiger partial charge in [0.15, 0.2) is 5.96 Å². The highest BCUT2D eigenvalue weighted by Crippen LogP contribution is 2.22. The number of hydrogen-bond acceptors (Lipinski definition) is 2. The maximum Gasteiger partial charge on any atom is 0.251 e. The fourth-order valence-electron chi connectivity index (χ4n) is 3.39. The van der Waals surface area contributed by atoms with Crippen LogP contribution >= 0.6 is 0 Å². The summed E-state index contributed by atoms with van der Waals surface area (Å²) in [7, 11) is 0. The molecule has 5 nitrogen and oxygen atoms in total. The van der Waals surface area contributed by atoms with Crippen molar-refractivity contribution in [1.29, 1.82) is 0 Å². The molecule has 1 aliphatic heterocycles. The molecule has 2 aromatic rings. The number of aliphatic imine (C=N–C) groups is 1. The molecule has 0 saturated heterocycles. The maximum absolute atomic E-state index is 11.9. The van der Waals surface area contributed by atoms with E-state index in [4.69, 9.17) is 4.99 Å². The predicted molar refractivity (Wildman–Crippen MR) is 120 cm³/mol. The van der Waals surface area contributed by atoms with E-state index in [2.05, 4.69) is 58.9 Å². The molecule has 0 atom stereocenters. The average Bonchev–Trinajstić information content (AvgIpc) is 2.78. The Balaban J connectivity index is 1.64. The molecule has 29 heavy (non-hydrogen) atoms. The standard InChI is InChI=1S/C24H30N4O/c1-3-25-23(29)22-12-10-19(11-13-22)18-27-24(26-4-2)28-16-14-21(15-17-28)20-8-6-5-7-9-20/h5-14H,3-4,15-18H2,1-2H3,(H,25,29)(H,26,27). The number of carbonyl (C=O) groups is 1. The minimum absolute atomic E-state index is 0.0368. The first-order chi connectivity index (χ1) is 14.2. The van der Waals surface area contributed by atoms with Crippen LogP contribution < -0.4 is 10.6 Å². The van der Waals surface area contributed by atoms with Crippen LogP contribution in [0.4, 0.5) is 0 Å². The van der Waals surface area contributed by atoms with Crippen molar-refractivity contribution in [1.82, 2.24) is 15.5 Å². The lowest BCUT2D eigenvalue weighted by Gasteiger charge is -2.30. The van der Waals surface area contributed by atoms with E-state index in [9.17, 15) is 4.79 Å². The van der Waals surface area contributed by atoms with Crippen molar-refractivity contribution < 1.29 is 4.79 Å². The fraction of sp³-hybridized carbons (Fsp3) is 0.333. The summed E-state index contributed by atoms with van der Waals surface area (Å²) >= 11 is 0. The molecule has 0 saturated carbocycles. The second-order valence-electron chi connectivity index (χ2n) is 7.02. The summed E-state index contributed by atoms with van der Waals surface area (Å²) in [5.41, 5.74) is 4.48. The van der Waals surface area contributed by atoms with Crippen LogP contribution in [0.2, 0.25) is 0 Å². The Labute approximate surface area is 173 Å². The molecule has 1 amide bonds. The Morgan fingerprint density at radius 1 is 1.00 bits per heavy atom. The number of amides is 1. The third-order valence-corrected chi connectivity index (χ3v) is 4.95. The largest absolute Gasteiger partial charge is 0.356 e. The van der Waals surface area contributed by atoms with Gasteiger partial charge in [0.25, 0.3) is 5.91 Å². The van der Waals surface area contributed by atoms with Crippen molar-refractivity contribution in [2.75, 3.05) is 26.2 Å². The zero-order valence-corrected chi connectivity index (χ0v) is 17.3. The van der Waals surface area contributed by atoms with Crippen molar-refractivity contribution in [2.24, 2.45) is 4.99 Å². The Morgan fingerprint density at radius 3 is 2.34 bits per heavy atom. The van der Waals surface area contributed by atoms with Crippen LogP contribution in [0.1, 0.15) is 41.8 Å². The molecule has 2 N–H and O–H groups in total. The maximum atomic E-state index is 11.9. The van der Waals surface area contributed by atoms with Gasteiger partial charge in [0.05, 0.1) is 6.54 Å². The topological polar surface area (TPSA) is 56.7 Å². The van der Waals surface area contributed by atoms with E-state index in [1.165, 1.54) is 11.1 Å². The van der Waals surface area contributed by atoms with E-state index < -0.39 is 0 Å². The van der Waals surface area contributed by atoms with Gasteiger partial charge in [0.2, 0.25) is 0 Å². The van der Waals surface area contributed by atoms with Crippen molar-refractivity contribution in [3.8, 4) is 0 Å². The van der Waals surface area contributed by atoms with E-state index in [1.807, 2.05) is 31.2 Å². The molecule has 0 bridgehead atoms. The van der Waals surface area contributed by atoms with Crippen molar-refractivity contribution in [3.63, 3.8) is 0 Å². The molecule has 0 aromatic heterocycles. The van der Waals surface area contributed by atoms with Gasteiger partial charge in [0.1, 0.15) is 0 Å². The third kappa shape index (κ3) is 5.70. The monoisotopic (exact) mass is 390 g/mol. The van der Waals surface area contributed by atoms with Crippen LogP contribution in [0.25, 0.3) is 5.57 Å². The molecule has 1 heterocycles. The molecule has 152 valence electrons. The molecule has 0 spiro atoms. The SMILES string of the molecule is CCNC(=O)c1ccc(CN=C(NCC)N2CC=C(c3ccccc3)CC2)cc1. The molecule has 1 aliphatic rings. The van der Waals surface area contributed by atoms with Crippen LogP contribution in [0.15, 0.2) is 65.7 Å². The molecule has 3 rings (SSSR count). The van der Waals surface area contributed by atoms with Gasteiger partial charge in [-0.2, -0.15) is 0 Å². The number of nitrogens with zero attached hydrogens (tertiary/aromatic N) is 2. The summed E-state index contributed by atoms with van der Waals surface area (Å²) < 4.78 is 0. The van der Waals surface area contributed by atoms with Gasteiger partial charge in [-0.3, -0.25) is 4.79 Å². The first-order valence-corrected chi connectivity index (χ1v) is 10.4. The Bertz CT molecular complexity index is 856. The average molecular weight is 391 g/mol. The highest BCUT2D eigenvalue weighted by atomic mass is 16.1. The lowest BCUT2D eigenvalue weighted by molar-refractivity contribution is 0.0956. The van der Waals surface area contributed by atoms with Crippen molar-refractivity contribution in [3.05, 3.63) is 77.4 Å². The minimum Gasteiger partial charge on any atom is -0.356 e. The molecular weight excluding hydrogens is 360 g/mol. The molecule has 0 aliphatic carbocycles. The Hall–Kier alpha value is -3.08. The van der Waals surface area contributed by atoms with Gasteiger partial charge in [-0.1, -0.05) is 48.5 Å². The molecule has 5 heteroatoms. The molecular formula is C24H30N4O. The van der Waals surface area contributed by atoms with Gasteiger partial charge in [0, 0.05) is 31.7 Å². The van der Waals surface area contributed by atoms with Crippen LogP contribution in [0.5, 0.6) is 0 Å². The lowest BCUT2D eigenvalue weighted by atomic mass is 10.00. The van der Waals surface area contributed by atoms with Crippen molar-refractivity contribution in [2.45, 2.75) is 26.8 Å². The highest BCUT2D eigenvalue weighted by Gasteiger charge is 2.16. The van der Waals surface area contributed by atoms with Crippen LogP contribution in [0.3, 0.4) is 0 Å². The highest BCUT2D eigenvalue weighted by molar-refractivity contribution is 5.94. The summed E-state index contributed by atoms with van der Waals surface area (Å²) in [5.74, 6) is 0.897. The lowest BCUT2D eigenvalue weighted by Crippen LogP contribution is -2.43. The van der Waals surface area contributed by atoms with Gasteiger partial charge >= 0.3 is 0 Å². The molecule has 2 aromatic carbocycles. The number of nitrogens with one attached hydrogen (secondary N) is 2. The van der Waals surface area contributed by atoms with Gasteiger partial charge in [-0.25, -0.2) is 4.99 Å². The quantitative estimate of drug-likeness (QED) is 0.584. The van der Waals surface area contributed by atoms with Gasteiger partial charge in [-0.15, -0.1) is 0 Å². The summed E-state index contributed by atoms with van der Waals surface area (Å²) in [5, 5.41) is 6.22. The summed E-state index contributed by atoms with van der Waals surface area (Å²) in [6, 6.07) is 18.2. The fourth-order valence-corrected chi connectivity index (χ4v) is 3.39. The number of hydrogen-bond donors (Lipinski definition) is 2. The van der Waals surface area contributed by atoms with E-state index in [0.29, 0.717) is 18.7 Å². The Kier molecular flexibility index (Phi) is 7.45. The minimum atomic E-state index is -0.0368. The second kappa shape index (κ2) is 10.5. The number of benzene rings is 2. The third-order valence-electron chi connectivity index (χ3n) is 4.95. The van der Waals surface area contributed by atoms with Crippen molar-refractivity contribution >= 4 is 17.4 Å². The zero-order valence-electron chi connectivity index (χ0n) is 17.3. The van der Waals surface area contributed by atoms with Crippen LogP contribution in [0, 0.1) is 0 Å². The number of rotatable bonds is 6.